The molecule has 1 fully saturated rings. The fraction of sp³-hybridized carbons (Fsp3) is 0.938. The fourth-order valence-corrected chi connectivity index (χ4v) is 2.53. The number of epoxide rings is 1. The van der Waals surface area contributed by atoms with Crippen molar-refractivity contribution in [3.63, 3.8) is 0 Å². The maximum absolute atomic E-state index is 10.9. The normalized spacial score (nSPS) is 21.4. The van der Waals surface area contributed by atoms with Crippen molar-refractivity contribution in [2.45, 2.75) is 89.8 Å². The second kappa shape index (κ2) is 10.2. The Labute approximate surface area is 118 Å². The summed E-state index contributed by atoms with van der Waals surface area (Å²) < 4.78 is 10.3. The molecule has 3 nitrogen and oxygen atoms in total. The zero-order valence-electron chi connectivity index (χ0n) is 12.7. The Kier molecular flexibility index (Phi) is 8.89. The highest BCUT2D eigenvalue weighted by Gasteiger charge is 2.36. The van der Waals surface area contributed by atoms with Gasteiger partial charge in [0.05, 0.1) is 19.3 Å². The van der Waals surface area contributed by atoms with Crippen molar-refractivity contribution in [1.29, 1.82) is 0 Å². The molecule has 112 valence electrons. The van der Waals surface area contributed by atoms with Crippen LogP contribution in [0.2, 0.25) is 0 Å². The van der Waals surface area contributed by atoms with E-state index in [-0.39, 0.29) is 5.97 Å². The topological polar surface area (TPSA) is 38.8 Å². The Hall–Kier alpha value is -0.570. The van der Waals surface area contributed by atoms with Gasteiger partial charge in [-0.2, -0.15) is 0 Å². The summed E-state index contributed by atoms with van der Waals surface area (Å²) in [6.45, 7) is 2.25. The minimum atomic E-state index is -0.0902. The third-order valence-electron chi connectivity index (χ3n) is 3.88. The van der Waals surface area contributed by atoms with Crippen molar-refractivity contribution < 1.29 is 14.3 Å². The lowest BCUT2D eigenvalue weighted by molar-refractivity contribution is -0.140. The number of rotatable bonds is 12. The molecule has 0 amide bonds. The highest BCUT2D eigenvalue weighted by atomic mass is 16.6. The molecule has 0 saturated carbocycles. The van der Waals surface area contributed by atoms with Gasteiger partial charge in [0.1, 0.15) is 0 Å². The molecule has 0 N–H and O–H groups in total. The molecule has 1 saturated heterocycles. The average Bonchev–Trinajstić information content (AvgIpc) is 3.16. The Morgan fingerprint density at radius 2 is 1.53 bits per heavy atom. The number of esters is 1. The molecule has 0 aromatic rings. The van der Waals surface area contributed by atoms with Crippen molar-refractivity contribution >= 4 is 5.97 Å². The zero-order chi connectivity index (χ0) is 13.9. The highest BCUT2D eigenvalue weighted by Crippen LogP contribution is 2.31. The summed E-state index contributed by atoms with van der Waals surface area (Å²) in [7, 11) is 1.45. The maximum Gasteiger partial charge on any atom is 0.305 e. The van der Waals surface area contributed by atoms with Crippen molar-refractivity contribution in [3.05, 3.63) is 0 Å². The molecule has 1 heterocycles. The van der Waals surface area contributed by atoms with Crippen LogP contribution in [0.3, 0.4) is 0 Å². The van der Waals surface area contributed by atoms with E-state index in [1.165, 1.54) is 58.5 Å². The van der Waals surface area contributed by atoms with Gasteiger partial charge in [-0.05, 0) is 19.3 Å². The van der Waals surface area contributed by atoms with E-state index in [2.05, 4.69) is 11.7 Å². The highest BCUT2D eigenvalue weighted by molar-refractivity contribution is 5.68. The summed E-state index contributed by atoms with van der Waals surface area (Å²) in [6.07, 6.45) is 14.0. The van der Waals surface area contributed by atoms with Crippen molar-refractivity contribution in [1.82, 2.24) is 0 Å². The van der Waals surface area contributed by atoms with Crippen LogP contribution in [0.5, 0.6) is 0 Å². The van der Waals surface area contributed by atoms with Gasteiger partial charge in [0.15, 0.2) is 0 Å². The van der Waals surface area contributed by atoms with E-state index in [1.54, 1.807) is 0 Å². The molecule has 3 heteroatoms. The van der Waals surface area contributed by atoms with Gasteiger partial charge in [0, 0.05) is 6.42 Å². The standard InChI is InChI=1S/C16H30O3/c1-3-4-5-6-8-11-14-15(19-14)12-9-7-10-13-16(17)18-2/h14-15H,3-13H2,1-2H3. The lowest BCUT2D eigenvalue weighted by Crippen LogP contribution is -1.99. The van der Waals surface area contributed by atoms with Gasteiger partial charge in [-0.3, -0.25) is 4.79 Å². The number of ether oxygens (including phenoxy) is 2. The van der Waals surface area contributed by atoms with E-state index in [9.17, 15) is 4.79 Å². The first-order valence-electron chi connectivity index (χ1n) is 8.00. The number of hydrogen-bond acceptors (Lipinski definition) is 3. The van der Waals surface area contributed by atoms with Crippen LogP contribution in [-0.4, -0.2) is 25.3 Å². The molecule has 0 aromatic heterocycles. The molecule has 1 aliphatic rings. The molecule has 2 unspecified atom stereocenters. The monoisotopic (exact) mass is 270 g/mol. The number of methoxy groups -OCH3 is 1. The second-order valence-electron chi connectivity index (χ2n) is 5.59. The fourth-order valence-electron chi connectivity index (χ4n) is 2.53. The summed E-state index contributed by atoms with van der Waals surface area (Å²) in [5, 5.41) is 0. The smallest absolute Gasteiger partial charge is 0.305 e. The third-order valence-corrected chi connectivity index (χ3v) is 3.88. The summed E-state index contributed by atoms with van der Waals surface area (Å²) >= 11 is 0. The van der Waals surface area contributed by atoms with Gasteiger partial charge >= 0.3 is 5.97 Å². The molecule has 1 rings (SSSR count). The Bertz CT molecular complexity index is 240. The van der Waals surface area contributed by atoms with Gasteiger partial charge in [-0.15, -0.1) is 0 Å². The van der Waals surface area contributed by atoms with Gasteiger partial charge in [-0.25, -0.2) is 0 Å². The van der Waals surface area contributed by atoms with E-state index >= 15 is 0 Å². The Balaban J connectivity index is 1.82. The van der Waals surface area contributed by atoms with Crippen LogP contribution < -0.4 is 0 Å². The molecule has 0 aromatic carbocycles. The van der Waals surface area contributed by atoms with E-state index in [1.807, 2.05) is 0 Å². The van der Waals surface area contributed by atoms with Crippen molar-refractivity contribution in [3.8, 4) is 0 Å². The van der Waals surface area contributed by atoms with E-state index in [4.69, 9.17) is 4.74 Å². The third kappa shape index (κ3) is 8.25. The second-order valence-corrected chi connectivity index (χ2v) is 5.59. The largest absolute Gasteiger partial charge is 0.469 e. The quantitative estimate of drug-likeness (QED) is 0.302. The number of carbonyl (C=O) groups excluding carboxylic acids is 1. The molecule has 19 heavy (non-hydrogen) atoms. The first kappa shape index (κ1) is 16.5. The number of hydrogen-bond donors (Lipinski definition) is 0. The zero-order valence-corrected chi connectivity index (χ0v) is 12.7. The molecule has 0 bridgehead atoms. The number of unbranched alkanes of at least 4 members (excludes halogenated alkanes) is 6. The van der Waals surface area contributed by atoms with Crippen LogP contribution in [0.1, 0.15) is 77.6 Å². The average molecular weight is 270 g/mol. The number of carbonyl (C=O) groups is 1. The van der Waals surface area contributed by atoms with Gasteiger partial charge in [-0.1, -0.05) is 51.9 Å². The molecule has 1 aliphatic heterocycles. The van der Waals surface area contributed by atoms with Crippen LogP contribution in [0.25, 0.3) is 0 Å². The lowest BCUT2D eigenvalue weighted by atomic mass is 10.0. The lowest BCUT2D eigenvalue weighted by Gasteiger charge is -1.99. The molecular formula is C16H30O3. The van der Waals surface area contributed by atoms with Gasteiger partial charge in [0.2, 0.25) is 0 Å². The SMILES string of the molecule is CCCCCCCC1OC1CCCCCC(=O)OC. The van der Waals surface area contributed by atoms with Crippen LogP contribution in [0.4, 0.5) is 0 Å². The summed E-state index contributed by atoms with van der Waals surface area (Å²) in [5.41, 5.74) is 0. The minimum absolute atomic E-state index is 0.0902. The first-order valence-corrected chi connectivity index (χ1v) is 8.00. The molecular weight excluding hydrogens is 240 g/mol. The predicted octanol–water partition coefficient (Wildman–Crippen LogP) is 4.24. The van der Waals surface area contributed by atoms with Crippen LogP contribution in [0.15, 0.2) is 0 Å². The molecule has 2 atom stereocenters. The van der Waals surface area contributed by atoms with Crippen LogP contribution >= 0.6 is 0 Å². The van der Waals surface area contributed by atoms with E-state index in [0.29, 0.717) is 18.6 Å². The van der Waals surface area contributed by atoms with Crippen molar-refractivity contribution in [2.75, 3.05) is 7.11 Å². The van der Waals surface area contributed by atoms with Gasteiger partial charge < -0.3 is 9.47 Å². The van der Waals surface area contributed by atoms with Crippen molar-refractivity contribution in [2.24, 2.45) is 0 Å². The predicted molar refractivity (Wildman–Crippen MR) is 77.1 cm³/mol. The molecule has 0 spiro atoms. The van der Waals surface area contributed by atoms with E-state index in [0.717, 1.165) is 12.8 Å². The van der Waals surface area contributed by atoms with Gasteiger partial charge in [0.25, 0.3) is 0 Å². The summed E-state index contributed by atoms with van der Waals surface area (Å²) in [4.78, 5) is 10.9. The minimum Gasteiger partial charge on any atom is -0.469 e. The van der Waals surface area contributed by atoms with E-state index < -0.39 is 0 Å². The Morgan fingerprint density at radius 1 is 0.947 bits per heavy atom. The summed E-state index contributed by atoms with van der Waals surface area (Å²) in [5.74, 6) is -0.0902. The maximum atomic E-state index is 10.9. The first-order chi connectivity index (χ1) is 9.27. The Morgan fingerprint density at radius 3 is 2.11 bits per heavy atom. The van der Waals surface area contributed by atoms with Crippen LogP contribution in [0, 0.1) is 0 Å². The molecule has 0 radical (unpaired) electrons. The summed E-state index contributed by atoms with van der Waals surface area (Å²) in [6, 6.07) is 0. The van der Waals surface area contributed by atoms with Crippen LogP contribution in [-0.2, 0) is 14.3 Å². The molecule has 0 aliphatic carbocycles.